The van der Waals surface area contributed by atoms with Gasteiger partial charge in [-0.2, -0.15) is 11.8 Å². The number of rotatable bonds is 5. The van der Waals surface area contributed by atoms with Crippen molar-refractivity contribution in [3.8, 4) is 0 Å². The highest BCUT2D eigenvalue weighted by Gasteiger charge is 2.23. The molecule has 0 atom stereocenters. The molecule has 3 heterocycles. The van der Waals surface area contributed by atoms with Gasteiger partial charge in [-0.25, -0.2) is 0 Å². The van der Waals surface area contributed by atoms with Crippen molar-refractivity contribution in [2.24, 2.45) is 7.05 Å². The monoisotopic (exact) mass is 379 g/mol. The number of nitrogens with zero attached hydrogens (tertiary/aromatic N) is 4. The number of hydrogen-bond acceptors (Lipinski definition) is 5. The van der Waals surface area contributed by atoms with Crippen LogP contribution in [-0.2, 0) is 12.8 Å². The quantitative estimate of drug-likeness (QED) is 0.689. The minimum atomic E-state index is -0.423. The molecule has 7 nitrogen and oxygen atoms in total. The molecule has 0 unspecified atom stereocenters. The Hall–Kier alpha value is -2.06. The Balaban J connectivity index is 2.05. The molecule has 3 aromatic rings. The molecule has 0 aromatic carbocycles. The molecule has 9 heteroatoms. The predicted octanol–water partition coefficient (Wildman–Crippen LogP) is 2.59. The van der Waals surface area contributed by atoms with Crippen molar-refractivity contribution in [1.82, 2.24) is 24.4 Å². The van der Waals surface area contributed by atoms with Gasteiger partial charge in [-0.1, -0.05) is 25.4 Å². The van der Waals surface area contributed by atoms with E-state index in [0.717, 1.165) is 5.82 Å². The summed E-state index contributed by atoms with van der Waals surface area (Å²) in [5.74, 6) is 1.04. The first-order valence-electron chi connectivity index (χ1n) is 7.75. The van der Waals surface area contributed by atoms with Crippen LogP contribution in [0.3, 0.4) is 0 Å². The van der Waals surface area contributed by atoms with Crippen LogP contribution in [0.1, 0.15) is 41.3 Å². The van der Waals surface area contributed by atoms with Crippen molar-refractivity contribution >= 4 is 34.8 Å². The highest BCUT2D eigenvalue weighted by Crippen LogP contribution is 2.25. The minimum absolute atomic E-state index is 0.0869. The summed E-state index contributed by atoms with van der Waals surface area (Å²) >= 11 is 8.15. The number of aromatic amines is 1. The predicted molar refractivity (Wildman–Crippen MR) is 98.6 cm³/mol. The number of H-pyrrole nitrogens is 1. The van der Waals surface area contributed by atoms with Gasteiger partial charge < -0.3 is 0 Å². The fraction of sp³-hybridized carbons (Fsp3) is 0.375. The third kappa shape index (κ3) is 3.11. The van der Waals surface area contributed by atoms with E-state index in [9.17, 15) is 9.59 Å². The number of thioether (sulfide) groups is 1. The molecule has 0 aliphatic heterocycles. The molecule has 0 radical (unpaired) electrons. The minimum Gasteiger partial charge on any atom is -0.299 e. The normalized spacial score (nSPS) is 11.6. The van der Waals surface area contributed by atoms with Crippen molar-refractivity contribution in [1.29, 1.82) is 0 Å². The van der Waals surface area contributed by atoms with Crippen LogP contribution in [-0.4, -0.2) is 35.4 Å². The number of ketones is 1. The summed E-state index contributed by atoms with van der Waals surface area (Å²) in [5, 5.41) is 11.8. The van der Waals surface area contributed by atoms with Crippen molar-refractivity contribution in [3.63, 3.8) is 0 Å². The Morgan fingerprint density at radius 2 is 2.12 bits per heavy atom. The standard InChI is InChI=1S/C16H18ClN5O2S/c1-8(2)25-7-11-18-19-15-13(17)10(5-6-22(11)15)14(23)12-9(3)20-21(4)16(12)24/h5-6,8,20H,7H2,1-4H3. The lowest BCUT2D eigenvalue weighted by Gasteiger charge is -2.06. The number of carbonyl (C=O) groups is 1. The second-order valence-corrected chi connectivity index (χ2v) is 7.96. The molecule has 0 saturated carbocycles. The van der Waals surface area contributed by atoms with Crippen LogP contribution < -0.4 is 5.56 Å². The molecular weight excluding hydrogens is 362 g/mol. The van der Waals surface area contributed by atoms with Crippen LogP contribution >= 0.6 is 23.4 Å². The Morgan fingerprint density at radius 1 is 1.40 bits per heavy atom. The lowest BCUT2D eigenvalue weighted by Crippen LogP contribution is -2.20. The molecule has 132 valence electrons. The summed E-state index contributed by atoms with van der Waals surface area (Å²) in [6.45, 7) is 5.90. The van der Waals surface area contributed by atoms with Crippen molar-refractivity contribution < 1.29 is 4.79 Å². The second-order valence-electron chi connectivity index (χ2n) is 6.02. The largest absolute Gasteiger partial charge is 0.299 e. The second kappa shape index (κ2) is 6.68. The number of carbonyl (C=O) groups excluding carboxylic acids is 1. The average Bonchev–Trinajstić information content (AvgIpc) is 3.07. The topological polar surface area (TPSA) is 85.0 Å². The Bertz CT molecular complexity index is 1020. The van der Waals surface area contributed by atoms with E-state index in [2.05, 4.69) is 29.1 Å². The number of halogens is 1. The van der Waals surface area contributed by atoms with Gasteiger partial charge in [0.1, 0.15) is 11.4 Å². The van der Waals surface area contributed by atoms with E-state index in [1.54, 1.807) is 42.4 Å². The fourth-order valence-electron chi connectivity index (χ4n) is 2.58. The van der Waals surface area contributed by atoms with Crippen LogP contribution in [0.4, 0.5) is 0 Å². The van der Waals surface area contributed by atoms with Gasteiger partial charge in [-0.3, -0.25) is 23.8 Å². The van der Waals surface area contributed by atoms with Gasteiger partial charge in [-0.05, 0) is 18.2 Å². The summed E-state index contributed by atoms with van der Waals surface area (Å²) in [6, 6.07) is 1.61. The Morgan fingerprint density at radius 3 is 2.72 bits per heavy atom. The number of fused-ring (bicyclic) bond motifs is 1. The van der Waals surface area contributed by atoms with E-state index in [1.807, 2.05) is 0 Å². The van der Waals surface area contributed by atoms with Gasteiger partial charge in [0.25, 0.3) is 5.56 Å². The number of nitrogens with one attached hydrogen (secondary N) is 1. The molecule has 0 aliphatic carbocycles. The van der Waals surface area contributed by atoms with Gasteiger partial charge in [0, 0.05) is 24.5 Å². The lowest BCUT2D eigenvalue weighted by molar-refractivity contribution is 0.103. The summed E-state index contributed by atoms with van der Waals surface area (Å²) < 4.78 is 3.05. The van der Waals surface area contributed by atoms with E-state index in [4.69, 9.17) is 11.6 Å². The summed E-state index contributed by atoms with van der Waals surface area (Å²) in [4.78, 5) is 25.0. The fourth-order valence-corrected chi connectivity index (χ4v) is 3.53. The molecule has 0 fully saturated rings. The van der Waals surface area contributed by atoms with E-state index >= 15 is 0 Å². The van der Waals surface area contributed by atoms with Crippen molar-refractivity contribution in [3.05, 3.63) is 50.3 Å². The molecule has 1 N–H and O–H groups in total. The van der Waals surface area contributed by atoms with E-state index < -0.39 is 5.78 Å². The van der Waals surface area contributed by atoms with Crippen LogP contribution in [0.2, 0.25) is 5.02 Å². The molecule has 0 saturated heterocycles. The lowest BCUT2D eigenvalue weighted by atomic mass is 10.1. The molecule has 0 amide bonds. The maximum absolute atomic E-state index is 12.8. The molecule has 0 bridgehead atoms. The first kappa shape index (κ1) is 17.8. The third-order valence-electron chi connectivity index (χ3n) is 3.84. The number of pyridine rings is 1. The molecule has 3 aromatic heterocycles. The van der Waals surface area contributed by atoms with Crippen molar-refractivity contribution in [2.45, 2.75) is 31.8 Å². The molecule has 0 aliphatic rings. The van der Waals surface area contributed by atoms with Crippen LogP contribution in [0.25, 0.3) is 5.65 Å². The van der Waals surface area contributed by atoms with E-state index in [0.29, 0.717) is 22.3 Å². The van der Waals surface area contributed by atoms with E-state index in [-0.39, 0.29) is 21.7 Å². The zero-order chi connectivity index (χ0) is 18.3. The highest BCUT2D eigenvalue weighted by molar-refractivity contribution is 7.99. The van der Waals surface area contributed by atoms with Gasteiger partial charge in [-0.15, -0.1) is 10.2 Å². The number of aromatic nitrogens is 5. The van der Waals surface area contributed by atoms with E-state index in [1.165, 1.54) is 4.68 Å². The SMILES string of the molecule is Cc1[nH]n(C)c(=O)c1C(=O)c1ccn2c(CSC(C)C)nnc2c1Cl. The molecular formula is C16H18ClN5O2S. The molecule has 25 heavy (non-hydrogen) atoms. The highest BCUT2D eigenvalue weighted by atomic mass is 35.5. The summed E-state index contributed by atoms with van der Waals surface area (Å²) in [7, 11) is 1.56. The zero-order valence-corrected chi connectivity index (χ0v) is 15.9. The smallest absolute Gasteiger partial charge is 0.277 e. The zero-order valence-electron chi connectivity index (χ0n) is 14.3. The first-order valence-corrected chi connectivity index (χ1v) is 9.18. The maximum Gasteiger partial charge on any atom is 0.277 e. The van der Waals surface area contributed by atoms with Gasteiger partial charge >= 0.3 is 0 Å². The van der Waals surface area contributed by atoms with Gasteiger partial charge in [0.15, 0.2) is 5.65 Å². The van der Waals surface area contributed by atoms with Gasteiger partial charge in [0.05, 0.1) is 10.8 Å². The molecule has 0 spiro atoms. The number of aryl methyl sites for hydroxylation is 2. The Kier molecular flexibility index (Phi) is 4.75. The Labute approximate surface area is 153 Å². The third-order valence-corrected chi connectivity index (χ3v) is 5.30. The maximum atomic E-state index is 12.8. The van der Waals surface area contributed by atoms with Crippen LogP contribution in [0, 0.1) is 6.92 Å². The van der Waals surface area contributed by atoms with Crippen molar-refractivity contribution in [2.75, 3.05) is 0 Å². The summed E-state index contributed by atoms with van der Waals surface area (Å²) in [6.07, 6.45) is 1.72. The number of hydrogen-bond donors (Lipinski definition) is 1. The van der Waals surface area contributed by atoms with Crippen LogP contribution in [0.5, 0.6) is 0 Å². The first-order chi connectivity index (χ1) is 11.8. The van der Waals surface area contributed by atoms with Gasteiger partial charge in [0.2, 0.25) is 5.78 Å². The summed E-state index contributed by atoms with van der Waals surface area (Å²) in [5.41, 5.74) is 0.864. The molecule has 3 rings (SSSR count). The van der Waals surface area contributed by atoms with Crippen LogP contribution in [0.15, 0.2) is 17.1 Å². The average molecular weight is 380 g/mol.